The molecule has 0 aromatic rings. The van der Waals surface area contributed by atoms with Crippen molar-refractivity contribution in [3.63, 3.8) is 0 Å². The second kappa shape index (κ2) is 6.58. The highest BCUT2D eigenvalue weighted by atomic mass is 16.5. The number of methoxy groups -OCH3 is 1. The first-order valence-corrected chi connectivity index (χ1v) is 6.69. The molecule has 1 aliphatic rings. The van der Waals surface area contributed by atoms with Gasteiger partial charge in [-0.2, -0.15) is 0 Å². The lowest BCUT2D eigenvalue weighted by Crippen LogP contribution is -2.64. The first kappa shape index (κ1) is 13.9. The van der Waals surface area contributed by atoms with Gasteiger partial charge in [0.15, 0.2) is 0 Å². The highest BCUT2D eigenvalue weighted by Gasteiger charge is 2.37. The highest BCUT2D eigenvalue weighted by molar-refractivity contribution is 4.97. The number of nitrogens with one attached hydrogen (secondary N) is 1. The second-order valence-corrected chi connectivity index (χ2v) is 4.86. The molecule has 1 atom stereocenters. The van der Waals surface area contributed by atoms with Gasteiger partial charge in [0.25, 0.3) is 0 Å². The Morgan fingerprint density at radius 3 is 2.50 bits per heavy atom. The molecule has 1 unspecified atom stereocenters. The summed E-state index contributed by atoms with van der Waals surface area (Å²) in [5, 5.41) is 3.69. The van der Waals surface area contributed by atoms with Gasteiger partial charge in [-0.3, -0.25) is 4.90 Å². The summed E-state index contributed by atoms with van der Waals surface area (Å²) in [7, 11) is 1.79. The summed E-state index contributed by atoms with van der Waals surface area (Å²) >= 11 is 0. The van der Waals surface area contributed by atoms with Crippen LogP contribution in [0.25, 0.3) is 0 Å². The molecule has 0 radical (unpaired) electrons. The number of hydrogen-bond donors (Lipinski definition) is 1. The summed E-state index contributed by atoms with van der Waals surface area (Å²) in [5.74, 6) is 0. The summed E-state index contributed by atoms with van der Waals surface area (Å²) < 4.78 is 5.23. The van der Waals surface area contributed by atoms with Crippen molar-refractivity contribution in [2.75, 3.05) is 33.4 Å². The van der Waals surface area contributed by atoms with E-state index in [1.807, 2.05) is 0 Å². The predicted octanol–water partition coefficient (Wildman–Crippen LogP) is 1.88. The van der Waals surface area contributed by atoms with Gasteiger partial charge in [-0.1, -0.05) is 20.8 Å². The third kappa shape index (κ3) is 2.96. The maximum atomic E-state index is 5.23. The molecule has 0 saturated carbocycles. The molecule has 0 aromatic heterocycles. The van der Waals surface area contributed by atoms with E-state index < -0.39 is 0 Å². The third-order valence-corrected chi connectivity index (χ3v) is 4.21. The lowest BCUT2D eigenvalue weighted by Gasteiger charge is -2.49. The molecule has 1 heterocycles. The van der Waals surface area contributed by atoms with Crippen LogP contribution in [0.2, 0.25) is 0 Å². The largest absolute Gasteiger partial charge is 0.383 e. The van der Waals surface area contributed by atoms with E-state index in [9.17, 15) is 0 Å². The van der Waals surface area contributed by atoms with Crippen molar-refractivity contribution < 1.29 is 4.74 Å². The molecule has 3 heteroatoms. The van der Waals surface area contributed by atoms with Gasteiger partial charge in [0.1, 0.15) is 0 Å². The predicted molar refractivity (Wildman–Crippen MR) is 68.8 cm³/mol. The molecule has 0 aromatic carbocycles. The van der Waals surface area contributed by atoms with Gasteiger partial charge >= 0.3 is 0 Å². The van der Waals surface area contributed by atoms with Crippen molar-refractivity contribution in [3.8, 4) is 0 Å². The van der Waals surface area contributed by atoms with Crippen LogP contribution in [-0.2, 0) is 4.74 Å². The Morgan fingerprint density at radius 2 is 2.00 bits per heavy atom. The summed E-state index contributed by atoms with van der Waals surface area (Å²) in [6.07, 6.45) is 3.65. The highest BCUT2D eigenvalue weighted by Crippen LogP contribution is 2.27. The molecule has 1 rings (SSSR count). The average Bonchev–Trinajstić information content (AvgIpc) is 2.36. The molecular weight excluding hydrogens is 200 g/mol. The van der Waals surface area contributed by atoms with Crippen molar-refractivity contribution in [2.45, 2.75) is 51.6 Å². The summed E-state index contributed by atoms with van der Waals surface area (Å²) in [4.78, 5) is 2.64. The van der Waals surface area contributed by atoms with Crippen LogP contribution in [0.5, 0.6) is 0 Å². The molecule has 1 aliphatic heterocycles. The zero-order chi connectivity index (χ0) is 12.0. The van der Waals surface area contributed by atoms with Gasteiger partial charge in [0.05, 0.1) is 6.61 Å². The smallest absolute Gasteiger partial charge is 0.0589 e. The van der Waals surface area contributed by atoms with Crippen LogP contribution in [-0.4, -0.2) is 49.8 Å². The third-order valence-electron chi connectivity index (χ3n) is 4.21. The summed E-state index contributed by atoms with van der Waals surface area (Å²) in [6.45, 7) is 11.1. The Labute approximate surface area is 101 Å². The van der Waals surface area contributed by atoms with E-state index in [4.69, 9.17) is 4.74 Å². The minimum Gasteiger partial charge on any atom is -0.383 e. The maximum Gasteiger partial charge on any atom is 0.0589 e. The number of nitrogens with zero attached hydrogens (tertiary/aromatic N) is 1. The Hall–Kier alpha value is -0.120. The van der Waals surface area contributed by atoms with Crippen LogP contribution in [0, 0.1) is 0 Å². The fourth-order valence-corrected chi connectivity index (χ4v) is 2.72. The molecule has 0 spiro atoms. The van der Waals surface area contributed by atoms with E-state index in [0.717, 1.165) is 19.7 Å². The number of hydrogen-bond acceptors (Lipinski definition) is 3. The van der Waals surface area contributed by atoms with Crippen LogP contribution in [0.15, 0.2) is 0 Å². The molecule has 1 saturated heterocycles. The Morgan fingerprint density at radius 1 is 1.31 bits per heavy atom. The summed E-state index contributed by atoms with van der Waals surface area (Å²) in [6, 6.07) is 0.656. The first-order chi connectivity index (χ1) is 7.72. The second-order valence-electron chi connectivity index (χ2n) is 4.86. The van der Waals surface area contributed by atoms with E-state index in [-0.39, 0.29) is 0 Å². The Bertz CT molecular complexity index is 192. The van der Waals surface area contributed by atoms with Crippen LogP contribution < -0.4 is 5.32 Å². The minimum absolute atomic E-state index is 0.351. The SMILES string of the molecule is CCC1CN(CCOC)C(CC)(CC)CN1. The van der Waals surface area contributed by atoms with E-state index >= 15 is 0 Å². The van der Waals surface area contributed by atoms with Crippen LogP contribution in [0.4, 0.5) is 0 Å². The summed E-state index contributed by atoms with van der Waals surface area (Å²) in [5.41, 5.74) is 0.351. The average molecular weight is 228 g/mol. The zero-order valence-corrected chi connectivity index (χ0v) is 11.4. The minimum atomic E-state index is 0.351. The van der Waals surface area contributed by atoms with E-state index in [1.165, 1.54) is 25.8 Å². The van der Waals surface area contributed by atoms with Crippen LogP contribution >= 0.6 is 0 Å². The normalized spacial score (nSPS) is 25.9. The Balaban J connectivity index is 2.66. The van der Waals surface area contributed by atoms with E-state index in [1.54, 1.807) is 7.11 Å². The molecule has 1 fully saturated rings. The fraction of sp³-hybridized carbons (Fsp3) is 1.00. The fourth-order valence-electron chi connectivity index (χ4n) is 2.72. The van der Waals surface area contributed by atoms with Gasteiger partial charge in [-0.15, -0.1) is 0 Å². The van der Waals surface area contributed by atoms with Crippen LogP contribution in [0.1, 0.15) is 40.0 Å². The van der Waals surface area contributed by atoms with Crippen molar-refractivity contribution in [3.05, 3.63) is 0 Å². The van der Waals surface area contributed by atoms with Gasteiger partial charge in [0.2, 0.25) is 0 Å². The lowest BCUT2D eigenvalue weighted by atomic mass is 9.87. The lowest BCUT2D eigenvalue weighted by molar-refractivity contribution is 0.0118. The van der Waals surface area contributed by atoms with E-state index in [0.29, 0.717) is 11.6 Å². The molecule has 96 valence electrons. The number of rotatable bonds is 6. The monoisotopic (exact) mass is 228 g/mol. The first-order valence-electron chi connectivity index (χ1n) is 6.69. The standard InChI is InChI=1S/C13H28N2O/c1-5-12-10-15(8-9-16-4)13(6-2,7-3)11-14-12/h12,14H,5-11H2,1-4H3. The van der Waals surface area contributed by atoms with Crippen molar-refractivity contribution in [1.82, 2.24) is 10.2 Å². The maximum absolute atomic E-state index is 5.23. The van der Waals surface area contributed by atoms with Gasteiger partial charge in [-0.25, -0.2) is 0 Å². The van der Waals surface area contributed by atoms with Crippen LogP contribution in [0.3, 0.4) is 0 Å². The molecule has 3 nitrogen and oxygen atoms in total. The van der Waals surface area contributed by atoms with Gasteiger partial charge in [-0.05, 0) is 19.3 Å². The van der Waals surface area contributed by atoms with Gasteiger partial charge in [0, 0.05) is 38.3 Å². The Kier molecular flexibility index (Phi) is 5.73. The van der Waals surface area contributed by atoms with Gasteiger partial charge < -0.3 is 10.1 Å². The molecular formula is C13H28N2O. The van der Waals surface area contributed by atoms with Crippen molar-refractivity contribution in [2.24, 2.45) is 0 Å². The molecule has 0 amide bonds. The molecule has 0 bridgehead atoms. The van der Waals surface area contributed by atoms with E-state index in [2.05, 4.69) is 31.0 Å². The van der Waals surface area contributed by atoms with Crippen molar-refractivity contribution in [1.29, 1.82) is 0 Å². The number of piperazine rings is 1. The molecule has 16 heavy (non-hydrogen) atoms. The quantitative estimate of drug-likeness (QED) is 0.751. The molecule has 1 N–H and O–H groups in total. The zero-order valence-electron chi connectivity index (χ0n) is 11.4. The molecule has 0 aliphatic carbocycles. The number of ether oxygens (including phenoxy) is 1. The van der Waals surface area contributed by atoms with Crippen molar-refractivity contribution >= 4 is 0 Å². The topological polar surface area (TPSA) is 24.5 Å².